The number of benzene rings is 3. The zero-order valence-corrected chi connectivity index (χ0v) is 15.5. The molecule has 7 heteroatoms. The summed E-state index contributed by atoms with van der Waals surface area (Å²) < 4.78 is 11.1. The summed E-state index contributed by atoms with van der Waals surface area (Å²) in [7, 11) is 0. The smallest absolute Gasteiger partial charge is 0.262 e. The van der Waals surface area contributed by atoms with E-state index in [1.807, 2.05) is 30.3 Å². The number of primary amides is 1. The van der Waals surface area contributed by atoms with Gasteiger partial charge in [0, 0.05) is 16.8 Å². The van der Waals surface area contributed by atoms with Crippen LogP contribution >= 0.6 is 11.6 Å². The Bertz CT molecular complexity index is 993. The topological polar surface area (TPSA) is 90.7 Å². The van der Waals surface area contributed by atoms with Crippen LogP contribution in [0.5, 0.6) is 17.2 Å². The monoisotopic (exact) mass is 396 g/mol. The zero-order valence-electron chi connectivity index (χ0n) is 14.7. The molecule has 3 N–H and O–H groups in total. The average molecular weight is 397 g/mol. The predicted octanol–water partition coefficient (Wildman–Crippen LogP) is 4.25. The highest BCUT2D eigenvalue weighted by molar-refractivity contribution is 6.30. The van der Waals surface area contributed by atoms with E-state index in [2.05, 4.69) is 5.32 Å². The number of carbonyl (C=O) groups excluding carboxylic acids is 2. The number of hydrogen-bond donors (Lipinski definition) is 2. The lowest BCUT2D eigenvalue weighted by Crippen LogP contribution is -2.21. The summed E-state index contributed by atoms with van der Waals surface area (Å²) in [6.07, 6.45) is 0. The molecular weight excluding hydrogens is 380 g/mol. The highest BCUT2D eigenvalue weighted by atomic mass is 35.5. The van der Waals surface area contributed by atoms with Crippen molar-refractivity contribution in [2.75, 3.05) is 11.9 Å². The third-order valence-corrected chi connectivity index (χ3v) is 3.90. The number of anilines is 1. The fourth-order valence-electron chi connectivity index (χ4n) is 2.42. The summed E-state index contributed by atoms with van der Waals surface area (Å²) >= 11 is 5.90. The first-order valence-corrected chi connectivity index (χ1v) is 8.74. The normalized spacial score (nSPS) is 10.2. The molecule has 2 amide bonds. The average Bonchev–Trinajstić information content (AvgIpc) is 2.67. The molecule has 0 radical (unpaired) electrons. The number of rotatable bonds is 7. The van der Waals surface area contributed by atoms with Crippen molar-refractivity contribution >= 4 is 29.1 Å². The van der Waals surface area contributed by atoms with E-state index in [9.17, 15) is 9.59 Å². The predicted molar refractivity (Wildman–Crippen MR) is 107 cm³/mol. The van der Waals surface area contributed by atoms with E-state index in [0.717, 1.165) is 0 Å². The van der Waals surface area contributed by atoms with Crippen molar-refractivity contribution in [2.24, 2.45) is 5.73 Å². The van der Waals surface area contributed by atoms with E-state index in [1.165, 1.54) is 18.2 Å². The van der Waals surface area contributed by atoms with E-state index in [-0.39, 0.29) is 17.9 Å². The Labute approximate surface area is 166 Å². The third-order valence-electron chi connectivity index (χ3n) is 3.66. The summed E-state index contributed by atoms with van der Waals surface area (Å²) in [6.45, 7) is -0.315. The molecule has 0 saturated carbocycles. The number of para-hydroxylation sites is 1. The number of halogens is 1. The molecule has 3 aromatic rings. The van der Waals surface area contributed by atoms with Crippen LogP contribution in [-0.4, -0.2) is 18.4 Å². The van der Waals surface area contributed by atoms with Crippen LogP contribution in [0.3, 0.4) is 0 Å². The van der Waals surface area contributed by atoms with Crippen molar-refractivity contribution < 1.29 is 19.1 Å². The number of ether oxygens (including phenoxy) is 2. The van der Waals surface area contributed by atoms with E-state index in [4.69, 9.17) is 26.8 Å². The first-order valence-electron chi connectivity index (χ1n) is 8.36. The SMILES string of the molecule is NC(=O)c1ccc(Cl)cc1OCC(=O)Nc1cccc(Oc2ccccc2)c1. The van der Waals surface area contributed by atoms with Gasteiger partial charge in [0.2, 0.25) is 0 Å². The summed E-state index contributed by atoms with van der Waals surface area (Å²) in [5.74, 6) is 0.339. The first-order chi connectivity index (χ1) is 13.5. The minimum atomic E-state index is -0.669. The molecule has 6 nitrogen and oxygen atoms in total. The first kappa shape index (κ1) is 19.3. The van der Waals surface area contributed by atoms with Crippen LogP contribution in [-0.2, 0) is 4.79 Å². The second-order valence-electron chi connectivity index (χ2n) is 5.78. The molecule has 3 aromatic carbocycles. The molecule has 0 saturated heterocycles. The molecule has 0 unspecified atom stereocenters. The van der Waals surface area contributed by atoms with Gasteiger partial charge in [-0.3, -0.25) is 9.59 Å². The number of amides is 2. The van der Waals surface area contributed by atoms with Gasteiger partial charge in [0.1, 0.15) is 17.2 Å². The molecule has 142 valence electrons. The van der Waals surface area contributed by atoms with Crippen LogP contribution in [0.25, 0.3) is 0 Å². The number of nitrogens with one attached hydrogen (secondary N) is 1. The lowest BCUT2D eigenvalue weighted by molar-refractivity contribution is -0.118. The molecular formula is C21H17ClN2O4. The molecule has 0 heterocycles. The summed E-state index contributed by atoms with van der Waals surface area (Å²) in [5.41, 5.74) is 5.99. The van der Waals surface area contributed by atoms with Crippen molar-refractivity contribution in [3.8, 4) is 17.2 Å². The maximum absolute atomic E-state index is 12.2. The summed E-state index contributed by atoms with van der Waals surface area (Å²) in [4.78, 5) is 23.6. The van der Waals surface area contributed by atoms with Gasteiger partial charge in [-0.1, -0.05) is 35.9 Å². The van der Waals surface area contributed by atoms with E-state index < -0.39 is 11.8 Å². The lowest BCUT2D eigenvalue weighted by Gasteiger charge is -2.11. The summed E-state index contributed by atoms with van der Waals surface area (Å²) in [6, 6.07) is 20.7. The number of nitrogens with two attached hydrogens (primary N) is 1. The third kappa shape index (κ3) is 5.25. The molecule has 28 heavy (non-hydrogen) atoms. The maximum Gasteiger partial charge on any atom is 0.262 e. The van der Waals surface area contributed by atoms with Gasteiger partial charge in [0.05, 0.1) is 5.56 Å². The Hall–Kier alpha value is -3.51. The van der Waals surface area contributed by atoms with Crippen LogP contribution in [0, 0.1) is 0 Å². The Morgan fingerprint density at radius 2 is 1.68 bits per heavy atom. The zero-order chi connectivity index (χ0) is 19.9. The quantitative estimate of drug-likeness (QED) is 0.624. The Balaban J connectivity index is 1.62. The van der Waals surface area contributed by atoms with Gasteiger partial charge >= 0.3 is 0 Å². The van der Waals surface area contributed by atoms with Crippen LogP contribution in [0.15, 0.2) is 72.8 Å². The highest BCUT2D eigenvalue weighted by Crippen LogP contribution is 2.25. The Kier molecular flexibility index (Phi) is 6.14. The van der Waals surface area contributed by atoms with Gasteiger partial charge in [0.25, 0.3) is 11.8 Å². The minimum absolute atomic E-state index is 0.149. The van der Waals surface area contributed by atoms with Crippen molar-refractivity contribution in [1.29, 1.82) is 0 Å². The lowest BCUT2D eigenvalue weighted by atomic mass is 10.2. The van der Waals surface area contributed by atoms with Gasteiger partial charge < -0.3 is 20.5 Å². The molecule has 0 aromatic heterocycles. The summed E-state index contributed by atoms with van der Waals surface area (Å²) in [5, 5.41) is 3.08. The molecule has 3 rings (SSSR count). The number of hydrogen-bond acceptors (Lipinski definition) is 4. The molecule has 0 aliphatic carbocycles. The van der Waals surface area contributed by atoms with Gasteiger partial charge in [-0.25, -0.2) is 0 Å². The Morgan fingerprint density at radius 1 is 0.929 bits per heavy atom. The van der Waals surface area contributed by atoms with Gasteiger partial charge in [-0.15, -0.1) is 0 Å². The van der Waals surface area contributed by atoms with E-state index in [1.54, 1.807) is 24.3 Å². The van der Waals surface area contributed by atoms with E-state index >= 15 is 0 Å². The molecule has 0 aliphatic rings. The molecule has 0 fully saturated rings. The highest BCUT2D eigenvalue weighted by Gasteiger charge is 2.12. The molecule has 0 aliphatic heterocycles. The number of carbonyl (C=O) groups is 2. The van der Waals surface area contributed by atoms with Gasteiger partial charge in [0.15, 0.2) is 6.61 Å². The van der Waals surface area contributed by atoms with Gasteiger partial charge in [-0.2, -0.15) is 0 Å². The van der Waals surface area contributed by atoms with Crippen LogP contribution in [0.2, 0.25) is 5.02 Å². The van der Waals surface area contributed by atoms with Gasteiger partial charge in [-0.05, 0) is 42.5 Å². The molecule has 0 bridgehead atoms. The fourth-order valence-corrected chi connectivity index (χ4v) is 2.58. The second kappa shape index (κ2) is 8.92. The van der Waals surface area contributed by atoms with Crippen molar-refractivity contribution in [1.82, 2.24) is 0 Å². The van der Waals surface area contributed by atoms with Crippen LogP contribution in [0.1, 0.15) is 10.4 Å². The molecule has 0 atom stereocenters. The van der Waals surface area contributed by atoms with E-state index in [0.29, 0.717) is 22.2 Å². The minimum Gasteiger partial charge on any atom is -0.483 e. The largest absolute Gasteiger partial charge is 0.483 e. The van der Waals surface area contributed by atoms with Crippen molar-refractivity contribution in [3.05, 3.63) is 83.4 Å². The Morgan fingerprint density at radius 3 is 2.43 bits per heavy atom. The standard InChI is InChI=1S/C21H17ClN2O4/c22-14-9-10-18(21(23)26)19(11-14)27-13-20(25)24-15-5-4-8-17(12-15)28-16-6-2-1-3-7-16/h1-12H,13H2,(H2,23,26)(H,24,25). The van der Waals surface area contributed by atoms with Crippen LogP contribution < -0.4 is 20.5 Å². The van der Waals surface area contributed by atoms with Crippen LogP contribution in [0.4, 0.5) is 5.69 Å². The second-order valence-corrected chi connectivity index (χ2v) is 6.22. The fraction of sp³-hybridized carbons (Fsp3) is 0.0476. The molecule has 0 spiro atoms. The van der Waals surface area contributed by atoms with Crippen molar-refractivity contribution in [2.45, 2.75) is 0 Å². The maximum atomic E-state index is 12.2. The van der Waals surface area contributed by atoms with Crippen molar-refractivity contribution in [3.63, 3.8) is 0 Å².